The van der Waals surface area contributed by atoms with E-state index >= 15 is 0 Å². The molecule has 0 bridgehead atoms. The van der Waals surface area contributed by atoms with Crippen LogP contribution in [0.1, 0.15) is 32.5 Å². The number of nitro groups is 1. The van der Waals surface area contributed by atoms with Gasteiger partial charge in [-0.3, -0.25) is 14.9 Å². The summed E-state index contributed by atoms with van der Waals surface area (Å²) in [6, 6.07) is 7.59. The first-order valence-electron chi connectivity index (χ1n) is 6.77. The second-order valence-electron chi connectivity index (χ2n) is 5.29. The Kier molecular flexibility index (Phi) is 3.66. The molecule has 1 aromatic heterocycles. The molecular formula is C15H13FN2O3S. The number of hydrogen-bond donors (Lipinski definition) is 1. The van der Waals surface area contributed by atoms with Crippen LogP contribution >= 0.6 is 11.3 Å². The summed E-state index contributed by atoms with van der Waals surface area (Å²) in [5, 5.41) is 13.7. The van der Waals surface area contributed by atoms with Crippen molar-refractivity contribution in [3.05, 3.63) is 61.6 Å². The lowest BCUT2D eigenvalue weighted by molar-refractivity contribution is -0.385. The van der Waals surface area contributed by atoms with E-state index in [1.54, 1.807) is 13.0 Å². The molecule has 22 heavy (non-hydrogen) atoms. The van der Waals surface area contributed by atoms with E-state index in [1.807, 2.05) is 6.07 Å². The number of nitrogens with zero attached hydrogens (tertiary/aromatic N) is 1. The van der Waals surface area contributed by atoms with Gasteiger partial charge in [0.15, 0.2) is 0 Å². The summed E-state index contributed by atoms with van der Waals surface area (Å²) in [6.45, 7) is 1.62. The van der Waals surface area contributed by atoms with Gasteiger partial charge in [0.1, 0.15) is 5.82 Å². The zero-order valence-corrected chi connectivity index (χ0v) is 12.5. The van der Waals surface area contributed by atoms with E-state index in [-0.39, 0.29) is 29.4 Å². The summed E-state index contributed by atoms with van der Waals surface area (Å²) in [7, 11) is 0. The van der Waals surface area contributed by atoms with Crippen LogP contribution in [-0.4, -0.2) is 16.9 Å². The molecule has 1 heterocycles. The average molecular weight is 320 g/mol. The number of halogens is 1. The van der Waals surface area contributed by atoms with Gasteiger partial charge in [-0.15, -0.1) is 11.3 Å². The van der Waals surface area contributed by atoms with Crippen molar-refractivity contribution in [2.75, 3.05) is 0 Å². The Labute approximate surface area is 129 Å². The van der Waals surface area contributed by atoms with Crippen molar-refractivity contribution >= 4 is 22.9 Å². The second-order valence-corrected chi connectivity index (χ2v) is 6.54. The van der Waals surface area contributed by atoms with Gasteiger partial charge in [0.2, 0.25) is 0 Å². The lowest BCUT2D eigenvalue weighted by Crippen LogP contribution is -2.25. The maximum atomic E-state index is 13.2. The molecule has 1 fully saturated rings. The van der Waals surface area contributed by atoms with Crippen molar-refractivity contribution in [2.24, 2.45) is 0 Å². The standard InChI is InChI=1S/C15H13FN2O3S/c1-8-13(18(20)21)7-14(22-8)15(19)17-12-6-11(12)9-3-2-4-10(16)5-9/h2-5,7,11-12H,6H2,1H3,(H,17,19). The summed E-state index contributed by atoms with van der Waals surface area (Å²) >= 11 is 1.11. The molecule has 1 aliphatic rings. The lowest BCUT2D eigenvalue weighted by Gasteiger charge is -2.03. The number of aryl methyl sites for hydroxylation is 1. The highest BCUT2D eigenvalue weighted by molar-refractivity contribution is 7.14. The molecule has 1 saturated carbocycles. The van der Waals surface area contributed by atoms with Gasteiger partial charge in [-0.25, -0.2) is 4.39 Å². The number of carbonyl (C=O) groups is 1. The Hall–Kier alpha value is -2.28. The Morgan fingerprint density at radius 1 is 1.45 bits per heavy atom. The summed E-state index contributed by atoms with van der Waals surface area (Å²) in [6.07, 6.45) is 0.752. The van der Waals surface area contributed by atoms with E-state index in [0.29, 0.717) is 9.75 Å². The van der Waals surface area contributed by atoms with Gasteiger partial charge in [0, 0.05) is 18.0 Å². The van der Waals surface area contributed by atoms with Crippen molar-refractivity contribution < 1.29 is 14.1 Å². The molecule has 1 N–H and O–H groups in total. The molecule has 7 heteroatoms. The van der Waals surface area contributed by atoms with Crippen molar-refractivity contribution in [3.8, 4) is 0 Å². The molecule has 2 unspecified atom stereocenters. The minimum absolute atomic E-state index is 0.0346. The van der Waals surface area contributed by atoms with E-state index in [4.69, 9.17) is 0 Å². The van der Waals surface area contributed by atoms with Crippen molar-refractivity contribution in [3.63, 3.8) is 0 Å². The largest absolute Gasteiger partial charge is 0.348 e. The zero-order valence-electron chi connectivity index (χ0n) is 11.7. The zero-order chi connectivity index (χ0) is 15.9. The van der Waals surface area contributed by atoms with E-state index in [2.05, 4.69) is 5.32 Å². The van der Waals surface area contributed by atoms with Crippen LogP contribution in [0.25, 0.3) is 0 Å². The maximum Gasteiger partial charge on any atom is 0.283 e. The lowest BCUT2D eigenvalue weighted by atomic mass is 10.1. The SMILES string of the molecule is Cc1sc(C(=O)NC2CC2c2cccc(F)c2)cc1[N+](=O)[O-]. The van der Waals surface area contributed by atoms with Crippen molar-refractivity contribution in [1.82, 2.24) is 5.32 Å². The van der Waals surface area contributed by atoms with Crippen LogP contribution in [0, 0.1) is 22.9 Å². The molecule has 114 valence electrons. The molecular weight excluding hydrogens is 307 g/mol. The first-order valence-corrected chi connectivity index (χ1v) is 7.58. The highest BCUT2D eigenvalue weighted by Crippen LogP contribution is 2.41. The van der Waals surface area contributed by atoms with Gasteiger partial charge in [-0.2, -0.15) is 0 Å². The summed E-state index contributed by atoms with van der Waals surface area (Å²) in [5.74, 6) is -0.500. The monoisotopic (exact) mass is 320 g/mol. The third-order valence-electron chi connectivity index (χ3n) is 3.70. The fourth-order valence-corrected chi connectivity index (χ4v) is 3.36. The van der Waals surface area contributed by atoms with Crippen LogP contribution in [-0.2, 0) is 0 Å². The molecule has 3 rings (SSSR count). The molecule has 1 amide bonds. The fraction of sp³-hybridized carbons (Fsp3) is 0.267. The summed E-state index contributed by atoms with van der Waals surface area (Å²) < 4.78 is 13.2. The van der Waals surface area contributed by atoms with Gasteiger partial charge in [0.25, 0.3) is 11.6 Å². The molecule has 1 aliphatic carbocycles. The van der Waals surface area contributed by atoms with Crippen LogP contribution in [0.2, 0.25) is 0 Å². The molecule has 1 aromatic carbocycles. The predicted molar refractivity (Wildman–Crippen MR) is 80.7 cm³/mol. The Balaban J connectivity index is 1.66. The molecule has 0 aliphatic heterocycles. The van der Waals surface area contributed by atoms with E-state index in [1.165, 1.54) is 18.2 Å². The number of rotatable bonds is 4. The Bertz CT molecular complexity index is 759. The third kappa shape index (κ3) is 2.85. The quantitative estimate of drug-likeness (QED) is 0.693. The normalized spacial score (nSPS) is 19.7. The molecule has 2 aromatic rings. The predicted octanol–water partition coefficient (Wildman–Crippen LogP) is 3.39. The number of carbonyl (C=O) groups excluding carboxylic acids is 1. The molecule has 0 spiro atoms. The summed E-state index contributed by atoms with van der Waals surface area (Å²) in [5.41, 5.74) is 0.825. The highest BCUT2D eigenvalue weighted by atomic mass is 32.1. The number of hydrogen-bond acceptors (Lipinski definition) is 4. The van der Waals surface area contributed by atoms with Gasteiger partial charge < -0.3 is 5.32 Å². The highest BCUT2D eigenvalue weighted by Gasteiger charge is 2.40. The molecule has 0 saturated heterocycles. The number of nitrogens with one attached hydrogen (secondary N) is 1. The number of amides is 1. The van der Waals surface area contributed by atoms with Crippen LogP contribution in [0.15, 0.2) is 30.3 Å². The van der Waals surface area contributed by atoms with Crippen LogP contribution < -0.4 is 5.32 Å². The first-order chi connectivity index (χ1) is 10.5. The van der Waals surface area contributed by atoms with Crippen molar-refractivity contribution in [1.29, 1.82) is 0 Å². The van der Waals surface area contributed by atoms with Gasteiger partial charge in [-0.1, -0.05) is 12.1 Å². The average Bonchev–Trinajstić information content (AvgIpc) is 3.10. The number of benzene rings is 1. The van der Waals surface area contributed by atoms with Gasteiger partial charge in [-0.05, 0) is 31.0 Å². The van der Waals surface area contributed by atoms with Crippen LogP contribution in [0.3, 0.4) is 0 Å². The fourth-order valence-electron chi connectivity index (χ4n) is 2.47. The molecule has 5 nitrogen and oxygen atoms in total. The van der Waals surface area contributed by atoms with E-state index in [9.17, 15) is 19.3 Å². The van der Waals surface area contributed by atoms with E-state index in [0.717, 1.165) is 23.3 Å². The smallest absolute Gasteiger partial charge is 0.283 e. The van der Waals surface area contributed by atoms with Crippen molar-refractivity contribution in [2.45, 2.75) is 25.3 Å². The molecule has 0 radical (unpaired) electrons. The van der Waals surface area contributed by atoms with E-state index < -0.39 is 4.92 Å². The first kappa shape index (κ1) is 14.6. The maximum absolute atomic E-state index is 13.2. The van der Waals surface area contributed by atoms with Crippen LogP contribution in [0.5, 0.6) is 0 Å². The minimum Gasteiger partial charge on any atom is -0.348 e. The van der Waals surface area contributed by atoms with Gasteiger partial charge >= 0.3 is 0 Å². The minimum atomic E-state index is -0.491. The Morgan fingerprint density at radius 2 is 2.23 bits per heavy atom. The summed E-state index contributed by atoms with van der Waals surface area (Å²) in [4.78, 5) is 23.3. The third-order valence-corrected chi connectivity index (χ3v) is 4.73. The Morgan fingerprint density at radius 3 is 2.86 bits per heavy atom. The van der Waals surface area contributed by atoms with Gasteiger partial charge in [0.05, 0.1) is 14.7 Å². The number of thiophene rings is 1. The second kappa shape index (κ2) is 5.49. The van der Waals surface area contributed by atoms with Crippen LogP contribution in [0.4, 0.5) is 10.1 Å². The molecule has 2 atom stereocenters. The topological polar surface area (TPSA) is 72.2 Å².